The number of pyridine rings is 1. The number of nitrogens with zero attached hydrogens (tertiary/aromatic N) is 4. The van der Waals surface area contributed by atoms with Crippen molar-refractivity contribution in [2.45, 2.75) is 44.7 Å². The average molecular weight is 405 g/mol. The molecule has 2 aromatic heterocycles. The van der Waals surface area contributed by atoms with Crippen LogP contribution < -0.4 is 10.2 Å². The Hall–Kier alpha value is -2.44. The fourth-order valence-electron chi connectivity index (χ4n) is 4.87. The number of likely N-dealkylation sites (N-methyl/N-ethyl adjacent to an activating group) is 1. The van der Waals surface area contributed by atoms with Gasteiger partial charge in [-0.25, -0.2) is 4.98 Å². The summed E-state index contributed by atoms with van der Waals surface area (Å²) in [6.45, 7) is 8.71. The predicted octanol–water partition coefficient (Wildman–Crippen LogP) is 3.61. The normalized spacial score (nSPS) is 20.5. The summed E-state index contributed by atoms with van der Waals surface area (Å²) in [5, 5.41) is 3.86. The Bertz CT molecular complexity index is 1030. The van der Waals surface area contributed by atoms with E-state index in [4.69, 9.17) is 9.97 Å². The van der Waals surface area contributed by atoms with E-state index in [0.717, 1.165) is 55.9 Å². The highest BCUT2D eigenvalue weighted by atomic mass is 15.3. The van der Waals surface area contributed by atoms with Crippen LogP contribution in [-0.2, 0) is 12.0 Å². The second kappa shape index (κ2) is 7.67. The van der Waals surface area contributed by atoms with Gasteiger partial charge < -0.3 is 14.8 Å². The van der Waals surface area contributed by atoms with Crippen LogP contribution in [0.15, 0.2) is 36.5 Å². The molecule has 1 aromatic carbocycles. The number of fused-ring (bicyclic) bond motifs is 2. The molecule has 2 N–H and O–H groups in total. The zero-order valence-electron chi connectivity index (χ0n) is 18.3. The van der Waals surface area contributed by atoms with E-state index >= 15 is 0 Å². The standard InChI is InChI=1S/C24H32N6/c1-24(2,28-19-10-4-7-17-8-6-12-25-21(17)19)23-26-18-9-5-11-20(22(18)27-23)30-15-13-29(3)14-16-30/h5-6,8-9,11-12,19,28H,4,7,10,13-16H2,1-3H3,(H,26,27). The summed E-state index contributed by atoms with van der Waals surface area (Å²) in [7, 11) is 2.19. The van der Waals surface area contributed by atoms with Gasteiger partial charge in [0.1, 0.15) is 11.3 Å². The number of aromatic nitrogens is 3. The molecule has 1 saturated heterocycles. The molecule has 3 aromatic rings. The smallest absolute Gasteiger partial charge is 0.127 e. The molecule has 5 rings (SSSR count). The zero-order valence-corrected chi connectivity index (χ0v) is 18.3. The minimum atomic E-state index is -0.283. The molecule has 0 saturated carbocycles. The van der Waals surface area contributed by atoms with Gasteiger partial charge in [0, 0.05) is 32.4 Å². The number of aryl methyl sites for hydroxylation is 1. The Labute approximate surface area is 178 Å². The first-order valence-electron chi connectivity index (χ1n) is 11.2. The third-order valence-electron chi connectivity index (χ3n) is 6.66. The Morgan fingerprint density at radius 2 is 1.93 bits per heavy atom. The van der Waals surface area contributed by atoms with Gasteiger partial charge >= 0.3 is 0 Å². The molecule has 0 radical (unpaired) electrons. The largest absolute Gasteiger partial charge is 0.367 e. The molecule has 1 fully saturated rings. The number of nitrogens with one attached hydrogen (secondary N) is 2. The predicted molar refractivity (Wildman–Crippen MR) is 122 cm³/mol. The van der Waals surface area contributed by atoms with E-state index in [1.165, 1.54) is 23.4 Å². The maximum absolute atomic E-state index is 5.11. The van der Waals surface area contributed by atoms with Gasteiger partial charge in [-0.15, -0.1) is 0 Å². The number of rotatable bonds is 4. The van der Waals surface area contributed by atoms with E-state index in [1.54, 1.807) is 0 Å². The Morgan fingerprint density at radius 3 is 2.77 bits per heavy atom. The number of hydrogen-bond acceptors (Lipinski definition) is 5. The van der Waals surface area contributed by atoms with Crippen molar-refractivity contribution in [3.8, 4) is 0 Å². The number of piperazine rings is 1. The van der Waals surface area contributed by atoms with E-state index < -0.39 is 0 Å². The molecule has 6 nitrogen and oxygen atoms in total. The molecule has 0 bridgehead atoms. The van der Waals surface area contributed by atoms with Crippen LogP contribution in [0.25, 0.3) is 11.0 Å². The molecule has 30 heavy (non-hydrogen) atoms. The molecular weight excluding hydrogens is 372 g/mol. The molecule has 1 unspecified atom stereocenters. The summed E-state index contributed by atoms with van der Waals surface area (Å²) in [6, 6.07) is 11.0. The maximum atomic E-state index is 5.11. The first kappa shape index (κ1) is 19.5. The Morgan fingerprint density at radius 1 is 1.10 bits per heavy atom. The van der Waals surface area contributed by atoms with Crippen LogP contribution in [0.4, 0.5) is 5.69 Å². The topological polar surface area (TPSA) is 60.1 Å². The van der Waals surface area contributed by atoms with E-state index in [1.807, 2.05) is 12.3 Å². The number of para-hydroxylation sites is 1. The van der Waals surface area contributed by atoms with Crippen molar-refractivity contribution in [1.29, 1.82) is 0 Å². The second-order valence-corrected chi connectivity index (χ2v) is 9.31. The molecule has 158 valence electrons. The minimum absolute atomic E-state index is 0.260. The molecule has 6 heteroatoms. The summed E-state index contributed by atoms with van der Waals surface area (Å²) in [6.07, 6.45) is 5.34. The van der Waals surface area contributed by atoms with Gasteiger partial charge in [0.05, 0.1) is 28.5 Å². The third-order valence-corrected chi connectivity index (χ3v) is 6.66. The lowest BCUT2D eigenvalue weighted by molar-refractivity contribution is 0.303. The van der Waals surface area contributed by atoms with Crippen LogP contribution in [0.3, 0.4) is 0 Å². The van der Waals surface area contributed by atoms with E-state index in [0.29, 0.717) is 0 Å². The van der Waals surface area contributed by atoms with Crippen molar-refractivity contribution in [3.63, 3.8) is 0 Å². The van der Waals surface area contributed by atoms with Gasteiger partial charge in [-0.3, -0.25) is 10.3 Å². The molecule has 1 aliphatic carbocycles. The van der Waals surface area contributed by atoms with Crippen LogP contribution in [0.2, 0.25) is 0 Å². The van der Waals surface area contributed by atoms with Crippen molar-refractivity contribution in [2.75, 3.05) is 38.1 Å². The average Bonchev–Trinajstić information content (AvgIpc) is 3.20. The first-order valence-corrected chi connectivity index (χ1v) is 11.2. The number of imidazole rings is 1. The molecule has 1 aliphatic heterocycles. The quantitative estimate of drug-likeness (QED) is 0.696. The van der Waals surface area contributed by atoms with Gasteiger partial charge in [0.25, 0.3) is 0 Å². The Balaban J connectivity index is 1.44. The van der Waals surface area contributed by atoms with E-state index in [2.05, 4.69) is 65.3 Å². The summed E-state index contributed by atoms with van der Waals surface area (Å²) >= 11 is 0. The number of hydrogen-bond donors (Lipinski definition) is 2. The number of benzene rings is 1. The molecule has 1 atom stereocenters. The van der Waals surface area contributed by atoms with Crippen molar-refractivity contribution in [2.24, 2.45) is 0 Å². The number of H-pyrrole nitrogens is 1. The van der Waals surface area contributed by atoms with Crippen molar-refractivity contribution >= 4 is 16.7 Å². The summed E-state index contributed by atoms with van der Waals surface area (Å²) in [5.74, 6) is 0.988. The molecule has 3 heterocycles. The van der Waals surface area contributed by atoms with Crippen LogP contribution in [0.1, 0.15) is 49.8 Å². The van der Waals surface area contributed by atoms with Crippen LogP contribution in [0.5, 0.6) is 0 Å². The lowest BCUT2D eigenvalue weighted by atomic mass is 9.89. The summed E-state index contributed by atoms with van der Waals surface area (Å²) in [5.41, 5.74) is 5.72. The summed E-state index contributed by atoms with van der Waals surface area (Å²) < 4.78 is 0. The van der Waals surface area contributed by atoms with Crippen molar-refractivity contribution in [1.82, 2.24) is 25.2 Å². The Kier molecular flexibility index (Phi) is 4.99. The maximum Gasteiger partial charge on any atom is 0.127 e. The molecule has 2 aliphatic rings. The highest BCUT2D eigenvalue weighted by Gasteiger charge is 2.31. The van der Waals surface area contributed by atoms with Crippen LogP contribution in [-0.4, -0.2) is 53.1 Å². The highest BCUT2D eigenvalue weighted by molar-refractivity contribution is 5.89. The van der Waals surface area contributed by atoms with Gasteiger partial charge in [0.15, 0.2) is 0 Å². The molecule has 0 spiro atoms. The SMILES string of the molecule is CN1CCN(c2cccc3[nH]c(C(C)(C)NC4CCCc5cccnc54)nc23)CC1. The van der Waals surface area contributed by atoms with Crippen molar-refractivity contribution in [3.05, 3.63) is 53.6 Å². The number of anilines is 1. The lowest BCUT2D eigenvalue weighted by Crippen LogP contribution is -2.44. The van der Waals surface area contributed by atoms with Gasteiger partial charge in [-0.1, -0.05) is 12.1 Å². The van der Waals surface area contributed by atoms with Crippen LogP contribution in [0, 0.1) is 0 Å². The van der Waals surface area contributed by atoms with E-state index in [9.17, 15) is 0 Å². The van der Waals surface area contributed by atoms with Crippen LogP contribution >= 0.6 is 0 Å². The van der Waals surface area contributed by atoms with Crippen molar-refractivity contribution < 1.29 is 0 Å². The first-order chi connectivity index (χ1) is 14.5. The van der Waals surface area contributed by atoms with Gasteiger partial charge in [0.2, 0.25) is 0 Å². The highest BCUT2D eigenvalue weighted by Crippen LogP contribution is 2.33. The summed E-state index contributed by atoms with van der Waals surface area (Å²) in [4.78, 5) is 18.3. The number of aromatic amines is 1. The molecular formula is C24H32N6. The lowest BCUT2D eigenvalue weighted by Gasteiger charge is -2.34. The zero-order chi connectivity index (χ0) is 20.7. The third kappa shape index (κ3) is 3.59. The van der Waals surface area contributed by atoms with Gasteiger partial charge in [-0.2, -0.15) is 0 Å². The second-order valence-electron chi connectivity index (χ2n) is 9.31. The fourth-order valence-corrected chi connectivity index (χ4v) is 4.87. The van der Waals surface area contributed by atoms with E-state index in [-0.39, 0.29) is 11.6 Å². The van der Waals surface area contributed by atoms with Gasteiger partial charge in [-0.05, 0) is 63.9 Å². The monoisotopic (exact) mass is 404 g/mol. The minimum Gasteiger partial charge on any atom is -0.367 e. The fraction of sp³-hybridized carbons (Fsp3) is 0.500. The molecule has 0 amide bonds.